The van der Waals surface area contributed by atoms with E-state index in [1.807, 2.05) is 25.1 Å². The van der Waals surface area contributed by atoms with Crippen LogP contribution in [0.4, 0.5) is 5.69 Å². The van der Waals surface area contributed by atoms with Crippen LogP contribution in [0, 0.1) is 6.92 Å². The molecule has 0 radical (unpaired) electrons. The van der Waals surface area contributed by atoms with Crippen LogP contribution in [0.5, 0.6) is 0 Å². The first-order chi connectivity index (χ1) is 8.02. The molecule has 2 amide bonds. The number of halogens is 1. The molecule has 1 aromatic carbocycles. The average Bonchev–Trinajstić information content (AvgIpc) is 2.30. The second kappa shape index (κ2) is 4.49. The van der Waals surface area contributed by atoms with Crippen molar-refractivity contribution in [1.82, 2.24) is 5.32 Å². The number of nitrogens with zero attached hydrogens (tertiary/aromatic N) is 1. The van der Waals surface area contributed by atoms with Crippen LogP contribution in [0.2, 0.25) is 0 Å². The zero-order valence-electron chi connectivity index (χ0n) is 9.66. The topological polar surface area (TPSA) is 49.4 Å². The number of aryl methyl sites for hydroxylation is 1. The Morgan fingerprint density at radius 3 is 2.82 bits per heavy atom. The van der Waals surface area contributed by atoms with Crippen LogP contribution in [0.3, 0.4) is 0 Å². The lowest BCUT2D eigenvalue weighted by molar-refractivity contribution is -0.130. The van der Waals surface area contributed by atoms with E-state index in [0.717, 1.165) is 15.7 Å². The lowest BCUT2D eigenvalue weighted by atomic mass is 10.1. The van der Waals surface area contributed by atoms with E-state index < -0.39 is 6.04 Å². The Bertz CT molecular complexity index is 487. The molecule has 1 atom stereocenters. The first kappa shape index (κ1) is 12.1. The number of rotatable bonds is 1. The summed E-state index contributed by atoms with van der Waals surface area (Å²) in [6.07, 6.45) is 0. The largest absolute Gasteiger partial charge is 0.345 e. The van der Waals surface area contributed by atoms with Crippen LogP contribution < -0.4 is 10.2 Å². The van der Waals surface area contributed by atoms with Gasteiger partial charge in [-0.1, -0.05) is 12.1 Å². The number of amides is 2. The molecule has 1 fully saturated rings. The van der Waals surface area contributed by atoms with Gasteiger partial charge in [-0.25, -0.2) is 0 Å². The van der Waals surface area contributed by atoms with Crippen molar-refractivity contribution in [3.05, 3.63) is 28.2 Å². The van der Waals surface area contributed by atoms with Gasteiger partial charge < -0.3 is 5.32 Å². The van der Waals surface area contributed by atoms with E-state index in [2.05, 4.69) is 21.2 Å². The summed E-state index contributed by atoms with van der Waals surface area (Å²) >= 11 is 3.47. The second-order valence-electron chi connectivity index (χ2n) is 4.07. The number of benzene rings is 1. The summed E-state index contributed by atoms with van der Waals surface area (Å²) in [5.74, 6) is -0.221. The third-order valence-electron chi connectivity index (χ3n) is 2.88. The highest BCUT2D eigenvalue weighted by molar-refractivity contribution is 9.10. The molecule has 1 N–H and O–H groups in total. The number of hydrogen-bond donors (Lipinski definition) is 1. The molecule has 0 bridgehead atoms. The zero-order chi connectivity index (χ0) is 12.6. The molecular weight excluding hydrogens is 284 g/mol. The smallest absolute Gasteiger partial charge is 0.247 e. The second-order valence-corrected chi connectivity index (χ2v) is 4.86. The lowest BCUT2D eigenvalue weighted by Crippen LogP contribution is -2.57. The molecule has 0 aliphatic carbocycles. The van der Waals surface area contributed by atoms with Crippen LogP contribution in [0.15, 0.2) is 22.7 Å². The molecule has 2 rings (SSSR count). The van der Waals surface area contributed by atoms with Crippen LogP contribution in [-0.2, 0) is 9.59 Å². The molecule has 1 unspecified atom stereocenters. The molecule has 0 aromatic heterocycles. The van der Waals surface area contributed by atoms with E-state index in [-0.39, 0.29) is 18.4 Å². The normalized spacial score (nSPS) is 20.4. The van der Waals surface area contributed by atoms with E-state index in [9.17, 15) is 9.59 Å². The molecule has 1 aromatic rings. The minimum atomic E-state index is -0.477. The molecule has 90 valence electrons. The molecule has 0 spiro atoms. The highest BCUT2D eigenvalue weighted by Crippen LogP contribution is 2.31. The fraction of sp³-hybridized carbons (Fsp3) is 0.333. The molecule has 5 heteroatoms. The Balaban J connectivity index is 2.47. The lowest BCUT2D eigenvalue weighted by Gasteiger charge is -2.33. The number of carbonyl (C=O) groups excluding carboxylic acids is 2. The van der Waals surface area contributed by atoms with Gasteiger partial charge in [0.25, 0.3) is 0 Å². The first-order valence-corrected chi connectivity index (χ1v) is 6.16. The summed E-state index contributed by atoms with van der Waals surface area (Å²) in [5.41, 5.74) is 1.78. The van der Waals surface area contributed by atoms with Gasteiger partial charge in [-0.15, -0.1) is 0 Å². The fourth-order valence-electron chi connectivity index (χ4n) is 1.89. The number of anilines is 1. The predicted octanol–water partition coefficient (Wildman–Crippen LogP) is 1.61. The summed E-state index contributed by atoms with van der Waals surface area (Å²) in [6.45, 7) is 3.73. The van der Waals surface area contributed by atoms with Gasteiger partial charge in [-0.3, -0.25) is 14.5 Å². The first-order valence-electron chi connectivity index (χ1n) is 5.37. The van der Waals surface area contributed by atoms with Crippen molar-refractivity contribution >= 4 is 33.4 Å². The van der Waals surface area contributed by atoms with Crippen molar-refractivity contribution < 1.29 is 9.59 Å². The Kier molecular flexibility index (Phi) is 3.19. The summed E-state index contributed by atoms with van der Waals surface area (Å²) in [4.78, 5) is 25.0. The maximum Gasteiger partial charge on any atom is 0.247 e. The number of carbonyl (C=O) groups is 2. The minimum Gasteiger partial charge on any atom is -0.345 e. The van der Waals surface area contributed by atoms with Crippen LogP contribution in [0.1, 0.15) is 12.5 Å². The molecule has 0 saturated carbocycles. The van der Waals surface area contributed by atoms with Gasteiger partial charge in [0.05, 0.1) is 12.2 Å². The van der Waals surface area contributed by atoms with Crippen molar-refractivity contribution in [3.63, 3.8) is 0 Å². The molecule has 1 aliphatic heterocycles. The highest BCUT2D eigenvalue weighted by Gasteiger charge is 2.33. The highest BCUT2D eigenvalue weighted by atomic mass is 79.9. The van der Waals surface area contributed by atoms with Gasteiger partial charge in [0.15, 0.2) is 0 Å². The number of hydrogen-bond acceptors (Lipinski definition) is 2. The van der Waals surface area contributed by atoms with Gasteiger partial charge in [-0.05, 0) is 41.4 Å². The Labute approximate surface area is 108 Å². The van der Waals surface area contributed by atoms with Crippen molar-refractivity contribution in [2.75, 3.05) is 11.4 Å². The van der Waals surface area contributed by atoms with E-state index >= 15 is 0 Å². The van der Waals surface area contributed by atoms with E-state index in [1.165, 1.54) is 4.90 Å². The molecule has 17 heavy (non-hydrogen) atoms. The molecular formula is C12H13BrN2O2. The van der Waals surface area contributed by atoms with Gasteiger partial charge in [0, 0.05) is 4.47 Å². The van der Waals surface area contributed by atoms with E-state index in [4.69, 9.17) is 0 Å². The minimum absolute atomic E-state index is 0.0591. The summed E-state index contributed by atoms with van der Waals surface area (Å²) in [5, 5.41) is 2.57. The number of nitrogens with one attached hydrogen (secondary N) is 1. The zero-order valence-corrected chi connectivity index (χ0v) is 11.2. The monoisotopic (exact) mass is 296 g/mol. The van der Waals surface area contributed by atoms with Gasteiger partial charge >= 0.3 is 0 Å². The predicted molar refractivity (Wildman–Crippen MR) is 68.8 cm³/mol. The standard InChI is InChI=1S/C12H13BrN2O2/c1-7-4-3-5-9(11(7)13)15-8(2)12(17)14-6-10(15)16/h3-5,8H,6H2,1-2H3,(H,14,17). The van der Waals surface area contributed by atoms with Crippen molar-refractivity contribution in [2.45, 2.75) is 19.9 Å². The Morgan fingerprint density at radius 2 is 2.12 bits per heavy atom. The molecule has 1 aliphatic rings. The van der Waals surface area contributed by atoms with Crippen molar-refractivity contribution in [3.8, 4) is 0 Å². The molecule has 1 saturated heterocycles. The Hall–Kier alpha value is -1.36. The van der Waals surface area contributed by atoms with Gasteiger partial charge in [0.2, 0.25) is 11.8 Å². The van der Waals surface area contributed by atoms with Crippen molar-refractivity contribution in [1.29, 1.82) is 0 Å². The summed E-state index contributed by atoms with van der Waals surface area (Å²) < 4.78 is 0.856. The third-order valence-corrected chi connectivity index (χ3v) is 3.91. The Morgan fingerprint density at radius 1 is 1.41 bits per heavy atom. The summed E-state index contributed by atoms with van der Waals surface area (Å²) in [6, 6.07) is 5.19. The maximum absolute atomic E-state index is 11.9. The SMILES string of the molecule is Cc1cccc(N2C(=O)CNC(=O)C2C)c1Br. The maximum atomic E-state index is 11.9. The van der Waals surface area contributed by atoms with E-state index in [0.29, 0.717) is 0 Å². The molecule has 4 nitrogen and oxygen atoms in total. The van der Waals surface area contributed by atoms with Crippen LogP contribution in [0.25, 0.3) is 0 Å². The van der Waals surface area contributed by atoms with Gasteiger partial charge in [-0.2, -0.15) is 0 Å². The fourth-order valence-corrected chi connectivity index (χ4v) is 2.35. The van der Waals surface area contributed by atoms with E-state index in [1.54, 1.807) is 6.92 Å². The van der Waals surface area contributed by atoms with Crippen molar-refractivity contribution in [2.24, 2.45) is 0 Å². The van der Waals surface area contributed by atoms with Gasteiger partial charge in [0.1, 0.15) is 6.04 Å². The third kappa shape index (κ3) is 2.07. The number of piperazine rings is 1. The quantitative estimate of drug-likeness (QED) is 0.856. The average molecular weight is 297 g/mol. The van der Waals surface area contributed by atoms with Crippen LogP contribution in [-0.4, -0.2) is 24.4 Å². The molecule has 1 heterocycles. The summed E-state index contributed by atoms with van der Waals surface area (Å²) in [7, 11) is 0. The van der Waals surface area contributed by atoms with Crippen LogP contribution >= 0.6 is 15.9 Å².